The number of hydrogen-bond donors (Lipinski definition) is 2. The molecular formula is C19H18N2O5. The van der Waals surface area contributed by atoms with Gasteiger partial charge in [-0.25, -0.2) is 4.79 Å². The zero-order chi connectivity index (χ0) is 18.9. The van der Waals surface area contributed by atoms with Crippen LogP contribution in [0.3, 0.4) is 0 Å². The molecule has 0 aliphatic heterocycles. The first kappa shape index (κ1) is 18.7. The van der Waals surface area contributed by atoms with Crippen molar-refractivity contribution in [1.82, 2.24) is 0 Å². The van der Waals surface area contributed by atoms with E-state index in [1.165, 1.54) is 30.3 Å². The van der Waals surface area contributed by atoms with Gasteiger partial charge in [0.1, 0.15) is 5.75 Å². The number of esters is 1. The molecule has 0 bridgehead atoms. The van der Waals surface area contributed by atoms with E-state index in [0.717, 1.165) is 5.56 Å². The number of benzene rings is 2. The lowest BCUT2D eigenvalue weighted by Crippen LogP contribution is -2.20. The zero-order valence-electron chi connectivity index (χ0n) is 14.1. The van der Waals surface area contributed by atoms with Crippen LogP contribution in [-0.2, 0) is 14.3 Å². The molecule has 0 spiro atoms. The van der Waals surface area contributed by atoms with Crippen LogP contribution in [0.15, 0.2) is 54.6 Å². The number of amides is 2. The van der Waals surface area contributed by atoms with Crippen LogP contribution in [0.1, 0.15) is 15.9 Å². The molecule has 134 valence electrons. The molecule has 0 fully saturated rings. The highest BCUT2D eigenvalue weighted by molar-refractivity contribution is 5.96. The van der Waals surface area contributed by atoms with Crippen molar-refractivity contribution >= 4 is 29.5 Å². The van der Waals surface area contributed by atoms with Gasteiger partial charge in [0, 0.05) is 17.3 Å². The molecule has 0 radical (unpaired) electrons. The Morgan fingerprint density at radius 2 is 1.85 bits per heavy atom. The maximum atomic E-state index is 11.8. The third-order valence-electron chi connectivity index (χ3n) is 3.30. The molecule has 2 aromatic rings. The summed E-state index contributed by atoms with van der Waals surface area (Å²) >= 11 is 0. The van der Waals surface area contributed by atoms with E-state index < -0.39 is 24.4 Å². The number of primary amides is 1. The molecule has 0 atom stereocenters. The second-order valence-corrected chi connectivity index (χ2v) is 5.21. The summed E-state index contributed by atoms with van der Waals surface area (Å²) in [5, 5.41) is 2.54. The van der Waals surface area contributed by atoms with Crippen LogP contribution in [0.5, 0.6) is 5.75 Å². The predicted octanol–water partition coefficient (Wildman–Crippen LogP) is 1.99. The monoisotopic (exact) mass is 354 g/mol. The minimum Gasteiger partial charge on any atom is -0.497 e. The molecule has 2 rings (SSSR count). The summed E-state index contributed by atoms with van der Waals surface area (Å²) < 4.78 is 9.96. The molecule has 0 aliphatic rings. The van der Waals surface area contributed by atoms with E-state index >= 15 is 0 Å². The number of nitrogens with two attached hydrogens (primary N) is 1. The van der Waals surface area contributed by atoms with E-state index in [0.29, 0.717) is 17.0 Å². The van der Waals surface area contributed by atoms with Crippen molar-refractivity contribution in [3.05, 3.63) is 65.7 Å². The van der Waals surface area contributed by atoms with Crippen LogP contribution in [-0.4, -0.2) is 31.5 Å². The van der Waals surface area contributed by atoms with E-state index in [9.17, 15) is 14.4 Å². The lowest BCUT2D eigenvalue weighted by molar-refractivity contribution is -0.142. The maximum Gasteiger partial charge on any atom is 0.331 e. The molecule has 0 aliphatic carbocycles. The first-order chi connectivity index (χ1) is 12.5. The quantitative estimate of drug-likeness (QED) is 0.584. The fraction of sp³-hybridized carbons (Fsp3) is 0.105. The van der Waals surface area contributed by atoms with Crippen LogP contribution in [0.2, 0.25) is 0 Å². The van der Waals surface area contributed by atoms with Gasteiger partial charge in [0.2, 0.25) is 5.91 Å². The summed E-state index contributed by atoms with van der Waals surface area (Å²) in [7, 11) is 1.55. The Bertz CT molecular complexity index is 828. The molecule has 26 heavy (non-hydrogen) atoms. The number of carbonyl (C=O) groups is 3. The molecule has 0 heterocycles. The Balaban J connectivity index is 1.81. The van der Waals surface area contributed by atoms with Gasteiger partial charge in [0.15, 0.2) is 6.61 Å². The number of methoxy groups -OCH3 is 1. The second-order valence-electron chi connectivity index (χ2n) is 5.21. The fourth-order valence-corrected chi connectivity index (χ4v) is 2.01. The lowest BCUT2D eigenvalue weighted by Gasteiger charge is -2.06. The minimum absolute atomic E-state index is 0.331. The highest BCUT2D eigenvalue weighted by atomic mass is 16.5. The Kier molecular flexibility index (Phi) is 6.50. The second kappa shape index (κ2) is 9.03. The van der Waals surface area contributed by atoms with Gasteiger partial charge in [-0.2, -0.15) is 0 Å². The van der Waals surface area contributed by atoms with Crippen molar-refractivity contribution in [2.75, 3.05) is 19.0 Å². The normalized spacial score (nSPS) is 10.3. The van der Waals surface area contributed by atoms with Crippen molar-refractivity contribution in [2.45, 2.75) is 0 Å². The van der Waals surface area contributed by atoms with Crippen LogP contribution >= 0.6 is 0 Å². The highest BCUT2D eigenvalue weighted by Crippen LogP contribution is 2.13. The number of rotatable bonds is 7. The van der Waals surface area contributed by atoms with Gasteiger partial charge in [-0.05, 0) is 48.0 Å². The lowest BCUT2D eigenvalue weighted by atomic mass is 10.2. The van der Waals surface area contributed by atoms with Gasteiger partial charge in [-0.15, -0.1) is 0 Å². The number of hydrogen-bond acceptors (Lipinski definition) is 5. The van der Waals surface area contributed by atoms with Gasteiger partial charge >= 0.3 is 5.97 Å². The number of ether oxygens (including phenoxy) is 2. The Morgan fingerprint density at radius 1 is 1.12 bits per heavy atom. The topological polar surface area (TPSA) is 108 Å². The van der Waals surface area contributed by atoms with Crippen LogP contribution in [0, 0.1) is 0 Å². The van der Waals surface area contributed by atoms with Crippen molar-refractivity contribution in [2.24, 2.45) is 5.73 Å². The van der Waals surface area contributed by atoms with E-state index in [1.807, 2.05) is 0 Å². The van der Waals surface area contributed by atoms with Crippen molar-refractivity contribution in [1.29, 1.82) is 0 Å². The van der Waals surface area contributed by atoms with Gasteiger partial charge in [0.05, 0.1) is 7.11 Å². The third-order valence-corrected chi connectivity index (χ3v) is 3.30. The summed E-state index contributed by atoms with van der Waals surface area (Å²) in [5.41, 5.74) is 6.69. The van der Waals surface area contributed by atoms with E-state index in [-0.39, 0.29) is 0 Å². The minimum atomic E-state index is -0.646. The van der Waals surface area contributed by atoms with E-state index in [4.69, 9.17) is 15.2 Å². The van der Waals surface area contributed by atoms with Crippen molar-refractivity contribution < 1.29 is 23.9 Å². The Labute approximate surface area is 150 Å². The summed E-state index contributed by atoms with van der Waals surface area (Å²) in [5.74, 6) is -1.03. The van der Waals surface area contributed by atoms with Gasteiger partial charge in [0.25, 0.3) is 5.91 Å². The molecule has 2 amide bonds. The maximum absolute atomic E-state index is 11.8. The Morgan fingerprint density at radius 3 is 2.50 bits per heavy atom. The Hall–Kier alpha value is -3.61. The van der Waals surface area contributed by atoms with Gasteiger partial charge in [-0.1, -0.05) is 12.1 Å². The van der Waals surface area contributed by atoms with E-state index in [1.54, 1.807) is 37.5 Å². The third kappa shape index (κ3) is 5.79. The molecule has 0 saturated carbocycles. The van der Waals surface area contributed by atoms with Gasteiger partial charge < -0.3 is 20.5 Å². The summed E-state index contributed by atoms with van der Waals surface area (Å²) in [6.45, 7) is -0.432. The molecule has 0 saturated heterocycles. The smallest absolute Gasteiger partial charge is 0.331 e. The van der Waals surface area contributed by atoms with Gasteiger partial charge in [-0.3, -0.25) is 9.59 Å². The average Bonchev–Trinajstić information content (AvgIpc) is 2.65. The van der Waals surface area contributed by atoms with Crippen molar-refractivity contribution in [3.63, 3.8) is 0 Å². The predicted molar refractivity (Wildman–Crippen MR) is 96.6 cm³/mol. The van der Waals surface area contributed by atoms with Crippen molar-refractivity contribution in [3.8, 4) is 5.75 Å². The standard InChI is InChI=1S/C19H18N2O5/c1-25-16-4-2-3-13(11-16)5-10-18(23)26-12-17(22)21-15-8-6-14(7-9-15)19(20)24/h2-11H,12H2,1H3,(H2,20,24)(H,21,22). The molecular weight excluding hydrogens is 336 g/mol. The highest BCUT2D eigenvalue weighted by Gasteiger charge is 2.06. The molecule has 2 aromatic carbocycles. The summed E-state index contributed by atoms with van der Waals surface area (Å²) in [6, 6.07) is 13.2. The molecule has 7 heteroatoms. The average molecular weight is 354 g/mol. The number of carbonyl (C=O) groups excluding carboxylic acids is 3. The van der Waals surface area contributed by atoms with Crippen LogP contribution in [0.4, 0.5) is 5.69 Å². The van der Waals surface area contributed by atoms with Crippen LogP contribution < -0.4 is 15.8 Å². The fourth-order valence-electron chi connectivity index (χ4n) is 2.01. The summed E-state index contributed by atoms with van der Waals surface area (Å²) in [4.78, 5) is 34.4. The van der Waals surface area contributed by atoms with Crippen LogP contribution in [0.25, 0.3) is 6.08 Å². The molecule has 3 N–H and O–H groups in total. The SMILES string of the molecule is COc1cccc(C=CC(=O)OCC(=O)Nc2ccc(C(N)=O)cc2)c1. The first-order valence-electron chi connectivity index (χ1n) is 7.66. The number of anilines is 1. The first-order valence-corrected chi connectivity index (χ1v) is 7.66. The molecule has 0 aromatic heterocycles. The molecule has 0 unspecified atom stereocenters. The zero-order valence-corrected chi connectivity index (χ0v) is 14.1. The van der Waals surface area contributed by atoms with E-state index in [2.05, 4.69) is 5.32 Å². The largest absolute Gasteiger partial charge is 0.497 e. The number of nitrogens with one attached hydrogen (secondary N) is 1. The molecule has 7 nitrogen and oxygen atoms in total. The summed E-state index contributed by atoms with van der Waals surface area (Å²) in [6.07, 6.45) is 2.79.